The second kappa shape index (κ2) is 8.91. The molecule has 0 aromatic heterocycles. The van der Waals surface area contributed by atoms with E-state index in [-0.39, 0.29) is 6.54 Å². The molecule has 0 spiro atoms. The SMILES string of the molecule is CCOc1ccc(OC(c2ccc(C(F)(F)F)cc2)C(O)CNC)cc1. The van der Waals surface area contributed by atoms with Gasteiger partial charge in [-0.2, -0.15) is 13.2 Å². The van der Waals surface area contributed by atoms with Crippen molar-refractivity contribution in [3.63, 3.8) is 0 Å². The molecule has 0 bridgehead atoms. The fourth-order valence-electron chi connectivity index (χ4n) is 2.47. The van der Waals surface area contributed by atoms with Crippen LogP contribution in [-0.2, 0) is 6.18 Å². The van der Waals surface area contributed by atoms with Crippen molar-refractivity contribution in [2.45, 2.75) is 25.3 Å². The van der Waals surface area contributed by atoms with Crippen LogP contribution < -0.4 is 14.8 Å². The number of halogens is 3. The third-order valence-corrected chi connectivity index (χ3v) is 3.73. The van der Waals surface area contributed by atoms with Crippen LogP contribution in [0, 0.1) is 0 Å². The molecular formula is C19H22F3NO3. The second-order valence-corrected chi connectivity index (χ2v) is 5.69. The topological polar surface area (TPSA) is 50.7 Å². The first-order valence-corrected chi connectivity index (χ1v) is 8.24. The van der Waals surface area contributed by atoms with E-state index in [1.807, 2.05) is 6.92 Å². The van der Waals surface area contributed by atoms with Crippen molar-refractivity contribution < 1.29 is 27.8 Å². The summed E-state index contributed by atoms with van der Waals surface area (Å²) in [5.41, 5.74) is -0.293. The van der Waals surface area contributed by atoms with Crippen molar-refractivity contribution in [3.05, 3.63) is 59.7 Å². The molecule has 0 amide bonds. The number of likely N-dealkylation sites (N-methyl/N-ethyl adjacent to an activating group) is 1. The van der Waals surface area contributed by atoms with Gasteiger partial charge in [-0.1, -0.05) is 12.1 Å². The van der Waals surface area contributed by atoms with Gasteiger partial charge in [0.2, 0.25) is 0 Å². The maximum Gasteiger partial charge on any atom is 0.416 e. The highest BCUT2D eigenvalue weighted by Gasteiger charge is 2.31. The number of rotatable bonds is 8. The van der Waals surface area contributed by atoms with Crippen molar-refractivity contribution in [2.24, 2.45) is 0 Å². The Hall–Kier alpha value is -2.25. The molecule has 142 valence electrons. The van der Waals surface area contributed by atoms with Gasteiger partial charge in [0.25, 0.3) is 0 Å². The zero-order chi connectivity index (χ0) is 19.2. The molecule has 2 aromatic rings. The molecule has 0 aliphatic heterocycles. The van der Waals surface area contributed by atoms with E-state index in [1.54, 1.807) is 31.3 Å². The quantitative estimate of drug-likeness (QED) is 0.743. The van der Waals surface area contributed by atoms with E-state index in [0.29, 0.717) is 23.7 Å². The van der Waals surface area contributed by atoms with Crippen molar-refractivity contribution in [3.8, 4) is 11.5 Å². The third kappa shape index (κ3) is 5.37. The maximum absolute atomic E-state index is 12.7. The van der Waals surface area contributed by atoms with Gasteiger partial charge in [-0.15, -0.1) is 0 Å². The normalized spacial score (nSPS) is 13.9. The molecule has 2 atom stereocenters. The van der Waals surface area contributed by atoms with Crippen molar-refractivity contribution in [1.29, 1.82) is 0 Å². The summed E-state index contributed by atoms with van der Waals surface area (Å²) in [7, 11) is 1.67. The van der Waals surface area contributed by atoms with Gasteiger partial charge in [0, 0.05) is 6.54 Å². The van der Waals surface area contributed by atoms with Crippen molar-refractivity contribution in [1.82, 2.24) is 5.32 Å². The summed E-state index contributed by atoms with van der Waals surface area (Å²) in [6.07, 6.45) is -6.17. The van der Waals surface area contributed by atoms with E-state index in [9.17, 15) is 18.3 Å². The second-order valence-electron chi connectivity index (χ2n) is 5.69. The van der Waals surface area contributed by atoms with Gasteiger partial charge in [-0.25, -0.2) is 0 Å². The summed E-state index contributed by atoms with van der Waals surface area (Å²) < 4.78 is 49.4. The van der Waals surface area contributed by atoms with Gasteiger partial charge in [0.05, 0.1) is 12.2 Å². The van der Waals surface area contributed by atoms with Crippen molar-refractivity contribution in [2.75, 3.05) is 20.2 Å². The van der Waals surface area contributed by atoms with Crippen LogP contribution in [0.3, 0.4) is 0 Å². The Morgan fingerprint density at radius 1 is 1.00 bits per heavy atom. The average Bonchev–Trinajstić information content (AvgIpc) is 2.61. The van der Waals surface area contributed by atoms with Gasteiger partial charge in [0.1, 0.15) is 17.6 Å². The minimum Gasteiger partial charge on any atom is -0.494 e. The van der Waals surface area contributed by atoms with Crippen LogP contribution in [0.5, 0.6) is 11.5 Å². The molecule has 0 fully saturated rings. The Kier molecular flexibility index (Phi) is 6.88. The zero-order valence-corrected chi connectivity index (χ0v) is 14.6. The fourth-order valence-corrected chi connectivity index (χ4v) is 2.47. The number of ether oxygens (including phenoxy) is 2. The van der Waals surface area contributed by atoms with Crippen LogP contribution in [0.15, 0.2) is 48.5 Å². The molecule has 2 aromatic carbocycles. The summed E-state index contributed by atoms with van der Waals surface area (Å²) in [5, 5.41) is 13.2. The molecule has 2 rings (SSSR count). The number of aliphatic hydroxyl groups is 1. The number of hydrogen-bond acceptors (Lipinski definition) is 4. The van der Waals surface area contributed by atoms with Gasteiger partial charge in [0.15, 0.2) is 6.10 Å². The zero-order valence-electron chi connectivity index (χ0n) is 14.6. The smallest absolute Gasteiger partial charge is 0.416 e. The van der Waals surface area contributed by atoms with E-state index in [0.717, 1.165) is 12.1 Å². The molecule has 0 radical (unpaired) electrons. The summed E-state index contributed by atoms with van der Waals surface area (Å²) >= 11 is 0. The molecule has 0 aliphatic rings. The first-order valence-electron chi connectivity index (χ1n) is 8.24. The van der Waals surface area contributed by atoms with Crippen LogP contribution in [-0.4, -0.2) is 31.4 Å². The molecule has 7 heteroatoms. The predicted octanol–water partition coefficient (Wildman–Crippen LogP) is 3.80. The maximum atomic E-state index is 12.7. The Morgan fingerprint density at radius 3 is 2.08 bits per heavy atom. The van der Waals surface area contributed by atoms with Gasteiger partial charge < -0.3 is 19.9 Å². The molecule has 2 unspecified atom stereocenters. The van der Waals surface area contributed by atoms with Crippen LogP contribution >= 0.6 is 0 Å². The monoisotopic (exact) mass is 369 g/mol. The first-order chi connectivity index (χ1) is 12.3. The predicted molar refractivity (Wildman–Crippen MR) is 92.4 cm³/mol. The van der Waals surface area contributed by atoms with Crippen LogP contribution in [0.2, 0.25) is 0 Å². The lowest BCUT2D eigenvalue weighted by atomic mass is 10.0. The van der Waals surface area contributed by atoms with Crippen LogP contribution in [0.25, 0.3) is 0 Å². The Balaban J connectivity index is 2.23. The highest BCUT2D eigenvalue weighted by molar-refractivity contribution is 5.33. The van der Waals surface area contributed by atoms with E-state index >= 15 is 0 Å². The number of hydrogen-bond donors (Lipinski definition) is 2. The number of aliphatic hydroxyl groups excluding tert-OH is 1. The molecule has 2 N–H and O–H groups in total. The lowest BCUT2D eigenvalue weighted by Gasteiger charge is -2.25. The lowest BCUT2D eigenvalue weighted by Crippen LogP contribution is -2.32. The van der Waals surface area contributed by atoms with Crippen LogP contribution in [0.1, 0.15) is 24.2 Å². The molecule has 0 saturated carbocycles. The average molecular weight is 369 g/mol. The van der Waals surface area contributed by atoms with E-state index in [4.69, 9.17) is 9.47 Å². The van der Waals surface area contributed by atoms with Gasteiger partial charge >= 0.3 is 6.18 Å². The highest BCUT2D eigenvalue weighted by atomic mass is 19.4. The van der Waals surface area contributed by atoms with Gasteiger partial charge in [-0.3, -0.25) is 0 Å². The van der Waals surface area contributed by atoms with E-state index < -0.39 is 23.9 Å². The van der Waals surface area contributed by atoms with Crippen molar-refractivity contribution >= 4 is 0 Å². The number of benzene rings is 2. The minimum absolute atomic E-state index is 0.225. The Labute approximate surface area is 150 Å². The summed E-state index contributed by atoms with van der Waals surface area (Å²) in [4.78, 5) is 0. The summed E-state index contributed by atoms with van der Waals surface area (Å²) in [6, 6.07) is 11.4. The lowest BCUT2D eigenvalue weighted by molar-refractivity contribution is -0.137. The van der Waals surface area contributed by atoms with Crippen LogP contribution in [0.4, 0.5) is 13.2 Å². The van der Waals surface area contributed by atoms with E-state index in [1.165, 1.54) is 12.1 Å². The Morgan fingerprint density at radius 2 is 1.58 bits per heavy atom. The molecule has 0 saturated heterocycles. The standard InChI is InChI=1S/C19H22F3NO3/c1-3-25-15-8-10-16(11-9-15)26-18(17(24)12-23-2)13-4-6-14(7-5-13)19(20,21)22/h4-11,17-18,23-24H,3,12H2,1-2H3. The molecule has 0 heterocycles. The summed E-state index contributed by atoms with van der Waals surface area (Å²) in [5.74, 6) is 1.16. The number of alkyl halides is 3. The first kappa shape index (κ1) is 20.1. The minimum atomic E-state index is -4.41. The largest absolute Gasteiger partial charge is 0.494 e. The molecule has 4 nitrogen and oxygen atoms in total. The molecule has 0 aliphatic carbocycles. The van der Waals surface area contributed by atoms with Gasteiger partial charge in [-0.05, 0) is 55.9 Å². The molecule has 26 heavy (non-hydrogen) atoms. The summed E-state index contributed by atoms with van der Waals surface area (Å²) in [6.45, 7) is 2.64. The number of nitrogens with one attached hydrogen (secondary N) is 1. The fraction of sp³-hybridized carbons (Fsp3) is 0.368. The third-order valence-electron chi connectivity index (χ3n) is 3.73. The molecular weight excluding hydrogens is 347 g/mol. The van der Waals surface area contributed by atoms with E-state index in [2.05, 4.69) is 5.32 Å². The highest BCUT2D eigenvalue weighted by Crippen LogP contribution is 2.32. The Bertz CT molecular complexity index is 672.